The van der Waals surface area contributed by atoms with Crippen LogP contribution in [0.5, 0.6) is 0 Å². The molecule has 0 aliphatic rings. The molecule has 2 N–H and O–H groups in total. The summed E-state index contributed by atoms with van der Waals surface area (Å²) in [6.07, 6.45) is 4.38. The van der Waals surface area contributed by atoms with Crippen molar-refractivity contribution in [1.29, 1.82) is 0 Å². The number of rotatable bonds is 6. The van der Waals surface area contributed by atoms with E-state index in [9.17, 15) is 0 Å². The van der Waals surface area contributed by atoms with Crippen LogP contribution >= 0.6 is 0 Å². The van der Waals surface area contributed by atoms with Gasteiger partial charge in [-0.3, -0.25) is 4.98 Å². The molecule has 0 fully saturated rings. The van der Waals surface area contributed by atoms with Crippen LogP contribution in [0.2, 0.25) is 0 Å². The number of nitrogens with zero attached hydrogens (tertiary/aromatic N) is 3. The number of hydrogen-bond donors (Lipinski definition) is 2. The van der Waals surface area contributed by atoms with E-state index in [0.29, 0.717) is 5.82 Å². The Hall–Kier alpha value is -2.79. The van der Waals surface area contributed by atoms with Gasteiger partial charge in [-0.2, -0.15) is 0 Å². The van der Waals surface area contributed by atoms with Crippen molar-refractivity contribution in [3.63, 3.8) is 0 Å². The summed E-state index contributed by atoms with van der Waals surface area (Å²) in [4.78, 5) is 13.3. The first-order valence-corrected chi connectivity index (χ1v) is 8.35. The third-order valence-electron chi connectivity index (χ3n) is 4.24. The predicted octanol–water partition coefficient (Wildman–Crippen LogP) is 3.30. The van der Waals surface area contributed by atoms with Crippen LogP contribution in [-0.2, 0) is 13.0 Å². The van der Waals surface area contributed by atoms with Crippen molar-refractivity contribution in [3.05, 3.63) is 71.2 Å². The summed E-state index contributed by atoms with van der Waals surface area (Å²) in [5, 5.41) is 12.5. The van der Waals surface area contributed by atoms with E-state index in [-0.39, 0.29) is 6.61 Å². The number of benzene rings is 1. The monoisotopic (exact) mass is 334 g/mol. The number of anilines is 1. The van der Waals surface area contributed by atoms with E-state index < -0.39 is 0 Å². The van der Waals surface area contributed by atoms with Crippen molar-refractivity contribution in [2.45, 2.75) is 26.9 Å². The first-order chi connectivity index (χ1) is 12.2. The van der Waals surface area contributed by atoms with Crippen LogP contribution in [0.3, 0.4) is 0 Å². The van der Waals surface area contributed by atoms with E-state index in [1.807, 2.05) is 50.2 Å². The van der Waals surface area contributed by atoms with Crippen molar-refractivity contribution < 1.29 is 5.11 Å². The summed E-state index contributed by atoms with van der Waals surface area (Å²) in [7, 11) is 0. The molecule has 0 saturated heterocycles. The Labute approximate surface area is 147 Å². The lowest BCUT2D eigenvalue weighted by Crippen LogP contribution is -2.10. The fourth-order valence-corrected chi connectivity index (χ4v) is 2.57. The molecule has 5 nitrogen and oxygen atoms in total. The second kappa shape index (κ2) is 7.85. The highest BCUT2D eigenvalue weighted by Crippen LogP contribution is 2.21. The maximum absolute atomic E-state index is 9.10. The van der Waals surface area contributed by atoms with Gasteiger partial charge in [-0.25, -0.2) is 9.97 Å². The number of pyridine rings is 1. The summed E-state index contributed by atoms with van der Waals surface area (Å²) in [6, 6.07) is 11.8. The normalized spacial score (nSPS) is 10.7. The Balaban J connectivity index is 1.72. The van der Waals surface area contributed by atoms with E-state index in [4.69, 9.17) is 5.11 Å². The summed E-state index contributed by atoms with van der Waals surface area (Å²) < 4.78 is 0. The number of aliphatic hydroxyl groups excluding tert-OH is 1. The van der Waals surface area contributed by atoms with E-state index in [2.05, 4.69) is 20.3 Å². The van der Waals surface area contributed by atoms with Gasteiger partial charge in [0.2, 0.25) is 0 Å². The molecule has 0 radical (unpaired) electrons. The average Bonchev–Trinajstić information content (AvgIpc) is 2.66. The fourth-order valence-electron chi connectivity index (χ4n) is 2.57. The van der Waals surface area contributed by atoms with Crippen molar-refractivity contribution in [2.24, 2.45) is 0 Å². The van der Waals surface area contributed by atoms with Crippen molar-refractivity contribution >= 4 is 5.82 Å². The largest absolute Gasteiger partial charge is 0.392 e. The molecule has 0 saturated carbocycles. The van der Waals surface area contributed by atoms with Gasteiger partial charge >= 0.3 is 0 Å². The maximum Gasteiger partial charge on any atom is 0.161 e. The number of aryl methyl sites for hydroxylation is 1. The molecule has 0 aliphatic carbocycles. The first kappa shape index (κ1) is 17.0. The molecule has 2 aromatic heterocycles. The Bertz CT molecular complexity index is 832. The van der Waals surface area contributed by atoms with Gasteiger partial charge in [0, 0.05) is 35.8 Å². The molecule has 0 spiro atoms. The molecule has 0 amide bonds. The van der Waals surface area contributed by atoms with Crippen LogP contribution in [0.1, 0.15) is 22.4 Å². The molecule has 0 aliphatic heterocycles. The zero-order chi connectivity index (χ0) is 17.6. The Kier molecular flexibility index (Phi) is 5.36. The van der Waals surface area contributed by atoms with Crippen LogP contribution in [-0.4, -0.2) is 26.6 Å². The Morgan fingerprint density at radius 1 is 0.920 bits per heavy atom. The van der Waals surface area contributed by atoms with Gasteiger partial charge in [0.1, 0.15) is 5.82 Å². The van der Waals surface area contributed by atoms with Crippen molar-refractivity contribution in [1.82, 2.24) is 15.0 Å². The zero-order valence-corrected chi connectivity index (χ0v) is 14.5. The third kappa shape index (κ3) is 4.19. The Morgan fingerprint density at radius 2 is 1.60 bits per heavy atom. The highest BCUT2D eigenvalue weighted by molar-refractivity contribution is 5.59. The first-order valence-electron chi connectivity index (χ1n) is 8.35. The van der Waals surface area contributed by atoms with Gasteiger partial charge in [0.15, 0.2) is 5.82 Å². The SMILES string of the molecule is Cc1nc(-c2ccncc2)nc(NCCc2ccc(CO)cc2)c1C. The highest BCUT2D eigenvalue weighted by atomic mass is 16.3. The molecule has 3 rings (SSSR count). The fraction of sp³-hybridized carbons (Fsp3) is 0.250. The van der Waals surface area contributed by atoms with Gasteiger partial charge in [-0.05, 0) is 43.5 Å². The molecule has 0 atom stereocenters. The molecule has 25 heavy (non-hydrogen) atoms. The summed E-state index contributed by atoms with van der Waals surface area (Å²) >= 11 is 0. The molecule has 2 heterocycles. The topological polar surface area (TPSA) is 70.9 Å². The minimum Gasteiger partial charge on any atom is -0.392 e. The second-order valence-electron chi connectivity index (χ2n) is 5.99. The molecule has 128 valence electrons. The third-order valence-corrected chi connectivity index (χ3v) is 4.24. The summed E-state index contributed by atoms with van der Waals surface area (Å²) in [5.74, 6) is 1.58. The van der Waals surface area contributed by atoms with Crippen LogP contribution < -0.4 is 5.32 Å². The zero-order valence-electron chi connectivity index (χ0n) is 14.5. The minimum absolute atomic E-state index is 0.0791. The van der Waals surface area contributed by atoms with E-state index in [0.717, 1.165) is 41.2 Å². The molecule has 3 aromatic rings. The lowest BCUT2D eigenvalue weighted by molar-refractivity contribution is 0.282. The standard InChI is InChI=1S/C20H22N4O/c1-14-15(2)23-20(18-8-10-21-11-9-18)24-19(14)22-12-7-16-3-5-17(13-25)6-4-16/h3-6,8-11,25H,7,12-13H2,1-2H3,(H,22,23,24). The summed E-state index contributed by atoms with van der Waals surface area (Å²) in [5.41, 5.74) is 5.15. The number of aromatic nitrogens is 3. The van der Waals surface area contributed by atoms with Gasteiger partial charge in [0.25, 0.3) is 0 Å². The number of nitrogens with one attached hydrogen (secondary N) is 1. The van der Waals surface area contributed by atoms with E-state index >= 15 is 0 Å². The molecule has 0 unspecified atom stereocenters. The van der Waals surface area contributed by atoms with Crippen LogP contribution in [0.4, 0.5) is 5.82 Å². The van der Waals surface area contributed by atoms with E-state index in [1.54, 1.807) is 12.4 Å². The van der Waals surface area contributed by atoms with Crippen molar-refractivity contribution in [3.8, 4) is 11.4 Å². The average molecular weight is 334 g/mol. The lowest BCUT2D eigenvalue weighted by Gasteiger charge is -2.12. The minimum atomic E-state index is 0.0791. The quantitative estimate of drug-likeness (QED) is 0.724. The smallest absolute Gasteiger partial charge is 0.161 e. The van der Waals surface area contributed by atoms with Crippen LogP contribution in [0.15, 0.2) is 48.8 Å². The van der Waals surface area contributed by atoms with Crippen LogP contribution in [0, 0.1) is 13.8 Å². The number of hydrogen-bond acceptors (Lipinski definition) is 5. The lowest BCUT2D eigenvalue weighted by atomic mass is 10.1. The molecular formula is C20H22N4O. The summed E-state index contributed by atoms with van der Waals surface area (Å²) in [6.45, 7) is 4.89. The van der Waals surface area contributed by atoms with Gasteiger partial charge < -0.3 is 10.4 Å². The predicted molar refractivity (Wildman–Crippen MR) is 99.3 cm³/mol. The molecule has 0 bridgehead atoms. The van der Waals surface area contributed by atoms with Gasteiger partial charge in [-0.15, -0.1) is 0 Å². The van der Waals surface area contributed by atoms with E-state index in [1.165, 1.54) is 5.56 Å². The Morgan fingerprint density at radius 3 is 2.28 bits per heavy atom. The number of aliphatic hydroxyl groups is 1. The molecule has 5 heteroatoms. The molecule has 1 aromatic carbocycles. The highest BCUT2D eigenvalue weighted by Gasteiger charge is 2.09. The molecular weight excluding hydrogens is 312 g/mol. The van der Waals surface area contributed by atoms with Gasteiger partial charge in [0.05, 0.1) is 6.61 Å². The van der Waals surface area contributed by atoms with Crippen molar-refractivity contribution in [2.75, 3.05) is 11.9 Å². The maximum atomic E-state index is 9.10. The van der Waals surface area contributed by atoms with Gasteiger partial charge in [-0.1, -0.05) is 24.3 Å². The van der Waals surface area contributed by atoms with Crippen LogP contribution in [0.25, 0.3) is 11.4 Å². The second-order valence-corrected chi connectivity index (χ2v) is 5.99.